The van der Waals surface area contributed by atoms with Crippen molar-refractivity contribution in [3.63, 3.8) is 0 Å². The minimum Gasteiger partial charge on any atom is -0.332 e. The summed E-state index contributed by atoms with van der Waals surface area (Å²) in [5.41, 5.74) is 1.65. The number of carbonyl (C=O) groups is 1. The van der Waals surface area contributed by atoms with Crippen molar-refractivity contribution < 1.29 is 4.79 Å². The van der Waals surface area contributed by atoms with Gasteiger partial charge in [-0.1, -0.05) is 24.3 Å². The highest BCUT2D eigenvalue weighted by molar-refractivity contribution is 9.10. The molecule has 0 N–H and O–H groups in total. The number of aromatic nitrogens is 1. The van der Waals surface area contributed by atoms with Gasteiger partial charge in [0.25, 0.3) is 5.91 Å². The fourth-order valence-corrected chi connectivity index (χ4v) is 3.75. The Hall–Kier alpha value is -1.72. The van der Waals surface area contributed by atoms with Crippen LogP contribution in [-0.2, 0) is 0 Å². The topological polar surface area (TPSA) is 33.2 Å². The number of rotatable bonds is 3. The molecule has 0 saturated heterocycles. The van der Waals surface area contributed by atoms with Gasteiger partial charge in [0.15, 0.2) is 0 Å². The highest BCUT2D eigenvalue weighted by atomic mass is 79.9. The molecule has 112 valence electrons. The Morgan fingerprint density at radius 1 is 1.18 bits per heavy atom. The molecule has 3 rings (SSSR count). The number of hydrogen-bond donors (Lipinski definition) is 0. The van der Waals surface area contributed by atoms with Crippen molar-refractivity contribution in [2.45, 2.75) is 13.0 Å². The number of nitrogens with zero attached hydrogens (tertiary/aromatic N) is 2. The molecule has 1 atom stereocenters. The van der Waals surface area contributed by atoms with Crippen LogP contribution in [0.1, 0.15) is 28.3 Å². The maximum absolute atomic E-state index is 12.7. The molecule has 0 aliphatic carbocycles. The fraction of sp³-hybridized carbons (Fsp3) is 0.176. The van der Waals surface area contributed by atoms with E-state index in [1.807, 2.05) is 56.4 Å². The zero-order valence-corrected chi connectivity index (χ0v) is 14.7. The van der Waals surface area contributed by atoms with Crippen LogP contribution in [0.25, 0.3) is 10.2 Å². The summed E-state index contributed by atoms with van der Waals surface area (Å²) in [5.74, 6) is -0.0146. The quantitative estimate of drug-likeness (QED) is 0.653. The third-order valence-electron chi connectivity index (χ3n) is 3.67. The van der Waals surface area contributed by atoms with Crippen molar-refractivity contribution >= 4 is 43.4 Å². The van der Waals surface area contributed by atoms with Gasteiger partial charge in [-0.15, -0.1) is 11.3 Å². The molecule has 0 saturated carbocycles. The molecule has 0 spiro atoms. The first kappa shape index (κ1) is 15.2. The second kappa shape index (κ2) is 6.18. The van der Waals surface area contributed by atoms with Crippen LogP contribution in [0.2, 0.25) is 0 Å². The van der Waals surface area contributed by atoms with Crippen LogP contribution in [0, 0.1) is 0 Å². The predicted molar refractivity (Wildman–Crippen MR) is 94.3 cm³/mol. The van der Waals surface area contributed by atoms with Crippen LogP contribution in [0.15, 0.2) is 53.0 Å². The fourth-order valence-electron chi connectivity index (χ4n) is 2.23. The first-order valence-electron chi connectivity index (χ1n) is 6.95. The Balaban J connectivity index is 1.89. The number of hydrogen-bond acceptors (Lipinski definition) is 3. The maximum atomic E-state index is 12.7. The van der Waals surface area contributed by atoms with Crippen LogP contribution in [0.5, 0.6) is 0 Å². The minimum atomic E-state index is -0.0722. The van der Waals surface area contributed by atoms with Crippen LogP contribution < -0.4 is 0 Å². The standard InChI is InChI=1S/C17H15BrN2OS/c1-11(16-19-14-9-5-6-10-15(14)22-16)20(2)17(21)12-7-3-4-8-13(12)18/h3-11H,1-2H3/t11-/m0/s1. The monoisotopic (exact) mass is 374 g/mol. The number of halogens is 1. The van der Waals surface area contributed by atoms with Gasteiger partial charge in [-0.3, -0.25) is 4.79 Å². The number of carbonyl (C=O) groups excluding carboxylic acids is 1. The number of amides is 1. The molecule has 0 aliphatic heterocycles. The van der Waals surface area contributed by atoms with Gasteiger partial charge >= 0.3 is 0 Å². The Kier molecular flexibility index (Phi) is 4.27. The van der Waals surface area contributed by atoms with Crippen molar-refractivity contribution in [1.29, 1.82) is 0 Å². The van der Waals surface area contributed by atoms with E-state index in [1.165, 1.54) is 0 Å². The Bertz CT molecular complexity index is 797. The lowest BCUT2D eigenvalue weighted by molar-refractivity contribution is 0.0741. The van der Waals surface area contributed by atoms with Crippen LogP contribution >= 0.6 is 27.3 Å². The molecule has 3 aromatic rings. The maximum Gasteiger partial charge on any atom is 0.255 e. The molecule has 1 amide bonds. The summed E-state index contributed by atoms with van der Waals surface area (Å²) < 4.78 is 1.95. The molecule has 0 bridgehead atoms. The zero-order chi connectivity index (χ0) is 15.7. The van der Waals surface area contributed by atoms with Gasteiger partial charge in [0, 0.05) is 11.5 Å². The number of para-hydroxylation sites is 1. The Morgan fingerprint density at radius 3 is 2.59 bits per heavy atom. The van der Waals surface area contributed by atoms with Crippen LogP contribution in [0.4, 0.5) is 0 Å². The summed E-state index contributed by atoms with van der Waals surface area (Å²) in [6.07, 6.45) is 0. The summed E-state index contributed by atoms with van der Waals surface area (Å²) in [6.45, 7) is 2.01. The molecule has 22 heavy (non-hydrogen) atoms. The van der Waals surface area contributed by atoms with E-state index in [1.54, 1.807) is 16.2 Å². The van der Waals surface area contributed by atoms with Gasteiger partial charge in [0.05, 0.1) is 21.8 Å². The van der Waals surface area contributed by atoms with Crippen LogP contribution in [0.3, 0.4) is 0 Å². The van der Waals surface area contributed by atoms with E-state index >= 15 is 0 Å². The van der Waals surface area contributed by atoms with Crippen molar-refractivity contribution in [3.8, 4) is 0 Å². The van der Waals surface area contributed by atoms with Gasteiger partial charge in [-0.05, 0) is 47.1 Å². The lowest BCUT2D eigenvalue weighted by Crippen LogP contribution is -2.29. The molecule has 5 heteroatoms. The van der Waals surface area contributed by atoms with Crippen molar-refractivity contribution in [2.75, 3.05) is 7.05 Å². The van der Waals surface area contributed by atoms with E-state index in [0.717, 1.165) is 19.7 Å². The Labute approximate surface area is 141 Å². The predicted octanol–water partition coefficient (Wildman–Crippen LogP) is 4.89. The molecule has 0 unspecified atom stereocenters. The average Bonchev–Trinajstić information content (AvgIpc) is 2.97. The normalized spacial score (nSPS) is 12.3. The van der Waals surface area contributed by atoms with Gasteiger partial charge in [0.2, 0.25) is 0 Å². The number of benzene rings is 2. The van der Waals surface area contributed by atoms with Crippen molar-refractivity contribution in [1.82, 2.24) is 9.88 Å². The lowest BCUT2D eigenvalue weighted by Gasteiger charge is -2.23. The molecule has 0 aliphatic rings. The SMILES string of the molecule is C[C@@H](c1nc2ccccc2s1)N(C)C(=O)c1ccccc1Br. The largest absolute Gasteiger partial charge is 0.332 e. The number of fused-ring (bicyclic) bond motifs is 1. The first-order chi connectivity index (χ1) is 10.6. The van der Waals surface area contributed by atoms with E-state index in [2.05, 4.69) is 27.0 Å². The third kappa shape index (κ3) is 2.78. The van der Waals surface area contributed by atoms with E-state index in [-0.39, 0.29) is 11.9 Å². The molecular weight excluding hydrogens is 360 g/mol. The molecule has 2 aromatic carbocycles. The molecule has 3 nitrogen and oxygen atoms in total. The minimum absolute atomic E-state index is 0.0146. The molecule has 0 radical (unpaired) electrons. The lowest BCUT2D eigenvalue weighted by atomic mass is 10.2. The smallest absolute Gasteiger partial charge is 0.255 e. The summed E-state index contributed by atoms with van der Waals surface area (Å²) in [6, 6.07) is 15.4. The molecular formula is C17H15BrN2OS. The second-order valence-electron chi connectivity index (χ2n) is 5.09. The van der Waals surface area contributed by atoms with Crippen LogP contribution in [-0.4, -0.2) is 22.8 Å². The van der Waals surface area contributed by atoms with Gasteiger partial charge in [-0.25, -0.2) is 4.98 Å². The van der Waals surface area contributed by atoms with Crippen molar-refractivity contribution in [3.05, 3.63) is 63.6 Å². The van der Waals surface area contributed by atoms with Gasteiger partial charge in [0.1, 0.15) is 5.01 Å². The highest BCUT2D eigenvalue weighted by Crippen LogP contribution is 2.30. The summed E-state index contributed by atoms with van der Waals surface area (Å²) >= 11 is 5.07. The van der Waals surface area contributed by atoms with E-state index in [4.69, 9.17) is 0 Å². The third-order valence-corrected chi connectivity index (χ3v) is 5.57. The molecule has 1 heterocycles. The van der Waals surface area contributed by atoms with Gasteiger partial charge < -0.3 is 4.90 Å². The highest BCUT2D eigenvalue weighted by Gasteiger charge is 2.22. The molecule has 0 fully saturated rings. The number of thiazole rings is 1. The Morgan fingerprint density at radius 2 is 1.86 bits per heavy atom. The van der Waals surface area contributed by atoms with E-state index < -0.39 is 0 Å². The zero-order valence-electron chi connectivity index (χ0n) is 12.3. The summed E-state index contributed by atoms with van der Waals surface area (Å²) in [5, 5.41) is 0.948. The second-order valence-corrected chi connectivity index (χ2v) is 7.01. The summed E-state index contributed by atoms with van der Waals surface area (Å²) in [7, 11) is 1.82. The molecule has 1 aromatic heterocycles. The first-order valence-corrected chi connectivity index (χ1v) is 8.56. The average molecular weight is 375 g/mol. The van der Waals surface area contributed by atoms with E-state index in [0.29, 0.717) is 5.56 Å². The van der Waals surface area contributed by atoms with Gasteiger partial charge in [-0.2, -0.15) is 0 Å². The van der Waals surface area contributed by atoms with E-state index in [9.17, 15) is 4.79 Å². The van der Waals surface area contributed by atoms with Crippen molar-refractivity contribution in [2.24, 2.45) is 0 Å². The summed E-state index contributed by atoms with van der Waals surface area (Å²) in [4.78, 5) is 19.0.